The first-order chi connectivity index (χ1) is 14.7. The van der Waals surface area contributed by atoms with Crippen LogP contribution in [0.3, 0.4) is 0 Å². The van der Waals surface area contributed by atoms with Gasteiger partial charge in [0, 0.05) is 24.9 Å². The van der Waals surface area contributed by atoms with E-state index in [1.165, 1.54) is 34.8 Å². The lowest BCUT2D eigenvalue weighted by molar-refractivity contribution is -0.132. The van der Waals surface area contributed by atoms with Crippen molar-refractivity contribution in [3.63, 3.8) is 0 Å². The lowest BCUT2D eigenvalue weighted by Crippen LogP contribution is -2.25. The van der Waals surface area contributed by atoms with Gasteiger partial charge in [0.05, 0.1) is 5.52 Å². The second-order valence-electron chi connectivity index (χ2n) is 7.95. The third-order valence-corrected chi connectivity index (χ3v) is 4.89. The van der Waals surface area contributed by atoms with Crippen LogP contribution in [0.5, 0.6) is 17.2 Å². The number of hydrogen-bond acceptors (Lipinski definition) is 5. The van der Waals surface area contributed by atoms with E-state index in [0.717, 1.165) is 25.7 Å². The molecule has 1 aromatic carbocycles. The number of esters is 1. The van der Waals surface area contributed by atoms with Crippen LogP contribution >= 0.6 is 0 Å². The van der Waals surface area contributed by atoms with Crippen molar-refractivity contribution in [3.8, 4) is 17.2 Å². The van der Waals surface area contributed by atoms with Gasteiger partial charge in [-0.15, -0.1) is 0 Å². The van der Waals surface area contributed by atoms with Crippen molar-refractivity contribution in [1.29, 1.82) is 0 Å². The molecule has 0 saturated carbocycles. The number of ether oxygens (including phenoxy) is 2. The van der Waals surface area contributed by atoms with Gasteiger partial charge < -0.3 is 19.1 Å². The van der Waals surface area contributed by atoms with Crippen LogP contribution in [0.15, 0.2) is 46.3 Å². The van der Waals surface area contributed by atoms with Crippen LogP contribution in [0.1, 0.15) is 60.3 Å². The molecule has 31 heavy (non-hydrogen) atoms. The minimum absolute atomic E-state index is 0.0540. The predicted octanol–water partition coefficient (Wildman–Crippen LogP) is 5.50. The number of aryl methyl sites for hydroxylation is 1. The molecule has 6 heteroatoms. The molecule has 0 bridgehead atoms. The fourth-order valence-electron chi connectivity index (χ4n) is 3.26. The Morgan fingerprint density at radius 3 is 2.52 bits per heavy atom. The smallest absolute Gasteiger partial charge is 0.308 e. The minimum Gasteiger partial charge on any atom is -0.508 e. The SMILES string of the molecule is CCCCn1c(=O)c(OC(C)=O)c(OC/C=C(\C)CCC=C(C)C)c2ccc(O)cc21. The van der Waals surface area contributed by atoms with Gasteiger partial charge in [-0.1, -0.05) is 30.6 Å². The van der Waals surface area contributed by atoms with Crippen LogP contribution in [0.4, 0.5) is 0 Å². The average molecular weight is 428 g/mol. The van der Waals surface area contributed by atoms with E-state index in [9.17, 15) is 14.7 Å². The third kappa shape index (κ3) is 6.74. The number of aromatic hydroxyl groups is 1. The molecule has 0 saturated heterocycles. The van der Waals surface area contributed by atoms with Crippen molar-refractivity contribution >= 4 is 16.9 Å². The van der Waals surface area contributed by atoms with E-state index < -0.39 is 11.5 Å². The summed E-state index contributed by atoms with van der Waals surface area (Å²) in [6.07, 6.45) is 7.69. The number of pyridine rings is 1. The van der Waals surface area contributed by atoms with Gasteiger partial charge in [-0.2, -0.15) is 0 Å². The van der Waals surface area contributed by atoms with Gasteiger partial charge in [-0.25, -0.2) is 0 Å². The Labute approximate surface area is 183 Å². The van der Waals surface area contributed by atoms with Crippen molar-refractivity contribution in [3.05, 3.63) is 51.9 Å². The summed E-state index contributed by atoms with van der Waals surface area (Å²) >= 11 is 0. The second kappa shape index (κ2) is 11.4. The molecule has 2 rings (SSSR count). The number of allylic oxidation sites excluding steroid dienone is 3. The van der Waals surface area contributed by atoms with Crippen LogP contribution in [-0.2, 0) is 11.3 Å². The zero-order valence-electron chi connectivity index (χ0n) is 19.2. The van der Waals surface area contributed by atoms with E-state index in [2.05, 4.69) is 19.9 Å². The molecule has 0 unspecified atom stereocenters. The van der Waals surface area contributed by atoms with Gasteiger partial charge >= 0.3 is 5.97 Å². The number of benzene rings is 1. The average Bonchev–Trinajstić information content (AvgIpc) is 2.69. The van der Waals surface area contributed by atoms with Crippen LogP contribution in [-0.4, -0.2) is 22.2 Å². The minimum atomic E-state index is -0.587. The topological polar surface area (TPSA) is 77.8 Å². The van der Waals surface area contributed by atoms with E-state index in [0.29, 0.717) is 17.4 Å². The second-order valence-corrected chi connectivity index (χ2v) is 7.95. The maximum Gasteiger partial charge on any atom is 0.308 e. The quantitative estimate of drug-likeness (QED) is 0.400. The maximum absolute atomic E-state index is 13.2. The number of rotatable bonds is 10. The molecule has 0 aliphatic carbocycles. The summed E-state index contributed by atoms with van der Waals surface area (Å²) in [6.45, 7) is 10.2. The van der Waals surface area contributed by atoms with Gasteiger partial charge in [-0.05, 0) is 58.2 Å². The fraction of sp³-hybridized carbons (Fsp3) is 0.440. The normalized spacial score (nSPS) is 11.5. The summed E-state index contributed by atoms with van der Waals surface area (Å²) in [4.78, 5) is 24.9. The fourth-order valence-corrected chi connectivity index (χ4v) is 3.26. The summed E-state index contributed by atoms with van der Waals surface area (Å²) in [5, 5.41) is 10.6. The number of nitrogens with zero attached hydrogens (tertiary/aromatic N) is 1. The van der Waals surface area contributed by atoms with Crippen molar-refractivity contribution in [2.24, 2.45) is 0 Å². The Balaban J connectivity index is 2.47. The third-order valence-electron chi connectivity index (χ3n) is 4.89. The number of carbonyl (C=O) groups is 1. The van der Waals surface area contributed by atoms with E-state index in [1.807, 2.05) is 19.9 Å². The summed E-state index contributed by atoms with van der Waals surface area (Å²) in [6, 6.07) is 4.75. The van der Waals surface area contributed by atoms with Crippen molar-refractivity contribution in [1.82, 2.24) is 4.57 Å². The first kappa shape index (κ1) is 24.3. The number of hydrogen-bond donors (Lipinski definition) is 1. The van der Waals surface area contributed by atoms with Crippen LogP contribution in [0.2, 0.25) is 0 Å². The Morgan fingerprint density at radius 1 is 1.13 bits per heavy atom. The highest BCUT2D eigenvalue weighted by Gasteiger charge is 2.21. The number of phenols is 1. The monoisotopic (exact) mass is 427 g/mol. The van der Waals surface area contributed by atoms with Crippen molar-refractivity contribution < 1.29 is 19.4 Å². The van der Waals surface area contributed by atoms with Crippen molar-refractivity contribution in [2.75, 3.05) is 6.61 Å². The van der Waals surface area contributed by atoms with Gasteiger partial charge in [-0.3, -0.25) is 9.59 Å². The van der Waals surface area contributed by atoms with Gasteiger partial charge in [0.2, 0.25) is 5.75 Å². The maximum atomic E-state index is 13.2. The Hall–Kier alpha value is -3.02. The number of unbranched alkanes of at least 4 members (excludes halogenated alkanes) is 1. The molecular formula is C25H33NO5. The Morgan fingerprint density at radius 2 is 1.87 bits per heavy atom. The molecule has 6 nitrogen and oxygen atoms in total. The lowest BCUT2D eigenvalue weighted by atomic mass is 10.1. The van der Waals surface area contributed by atoms with Gasteiger partial charge in [0.1, 0.15) is 12.4 Å². The first-order valence-electron chi connectivity index (χ1n) is 10.7. The number of fused-ring (bicyclic) bond motifs is 1. The largest absolute Gasteiger partial charge is 0.508 e. The molecule has 1 heterocycles. The number of carbonyl (C=O) groups excluding carboxylic acids is 1. The highest BCUT2D eigenvalue weighted by molar-refractivity contribution is 5.90. The standard InChI is InChI=1S/C25H33NO5/c1-6-7-14-26-22-16-20(28)11-12-21(22)23(24(25(26)29)31-19(5)27)30-15-13-18(4)10-8-9-17(2)3/h9,11-13,16,28H,6-8,10,14-15H2,1-5H3/b18-13+. The van der Waals surface area contributed by atoms with Gasteiger partial charge in [0.25, 0.3) is 5.56 Å². The Bertz CT molecular complexity index is 1040. The van der Waals surface area contributed by atoms with Crippen molar-refractivity contribution in [2.45, 2.75) is 66.8 Å². The summed E-state index contributed by atoms with van der Waals surface area (Å²) in [7, 11) is 0. The number of phenolic OH excluding ortho intramolecular Hbond substituents is 1. The summed E-state index contributed by atoms with van der Waals surface area (Å²) in [5.74, 6) is -0.428. The van der Waals surface area contributed by atoms with E-state index in [1.54, 1.807) is 6.07 Å². The number of aromatic nitrogens is 1. The summed E-state index contributed by atoms with van der Waals surface area (Å²) in [5.41, 5.74) is 2.56. The molecule has 0 aliphatic rings. The highest BCUT2D eigenvalue weighted by Crippen LogP contribution is 2.35. The Kier molecular flexibility index (Phi) is 8.91. The molecule has 0 amide bonds. The molecule has 2 aromatic rings. The zero-order chi connectivity index (χ0) is 23.0. The van der Waals surface area contributed by atoms with E-state index in [4.69, 9.17) is 9.47 Å². The molecule has 0 spiro atoms. The molecule has 1 aromatic heterocycles. The van der Waals surface area contributed by atoms with Crippen LogP contribution in [0, 0.1) is 0 Å². The van der Waals surface area contributed by atoms with Crippen LogP contribution in [0.25, 0.3) is 10.9 Å². The van der Waals surface area contributed by atoms with Crippen LogP contribution < -0.4 is 15.0 Å². The summed E-state index contributed by atoms with van der Waals surface area (Å²) < 4.78 is 12.8. The predicted molar refractivity (Wildman–Crippen MR) is 124 cm³/mol. The van der Waals surface area contributed by atoms with E-state index >= 15 is 0 Å². The molecular weight excluding hydrogens is 394 g/mol. The highest BCUT2D eigenvalue weighted by atomic mass is 16.6. The van der Waals surface area contributed by atoms with E-state index in [-0.39, 0.29) is 23.9 Å². The first-order valence-corrected chi connectivity index (χ1v) is 10.7. The van der Waals surface area contributed by atoms with Gasteiger partial charge in [0.15, 0.2) is 5.75 Å². The molecule has 0 fully saturated rings. The molecule has 0 aliphatic heterocycles. The lowest BCUT2D eigenvalue weighted by Gasteiger charge is -2.17. The zero-order valence-corrected chi connectivity index (χ0v) is 19.2. The molecule has 1 N–H and O–H groups in total. The molecule has 168 valence electrons. The molecule has 0 atom stereocenters. The molecule has 0 radical (unpaired) electrons.